The van der Waals surface area contributed by atoms with Crippen LogP contribution in [-0.2, 0) is 0 Å². The van der Waals surface area contributed by atoms with Gasteiger partial charge in [0, 0.05) is 6.20 Å². The number of hydrogen-bond donors (Lipinski definition) is 2. The van der Waals surface area contributed by atoms with Crippen molar-refractivity contribution in [1.82, 2.24) is 14.4 Å². The van der Waals surface area contributed by atoms with E-state index in [4.69, 9.17) is 5.73 Å². The van der Waals surface area contributed by atoms with Crippen LogP contribution in [0, 0.1) is 0 Å². The average molecular weight is 150 g/mol. The summed E-state index contributed by atoms with van der Waals surface area (Å²) in [4.78, 5) is 17.3. The molecule has 2 aromatic rings. The Kier molecular flexibility index (Phi) is 1.00. The van der Waals surface area contributed by atoms with E-state index in [0.29, 0.717) is 11.3 Å². The predicted molar refractivity (Wildman–Crippen MR) is 40.2 cm³/mol. The van der Waals surface area contributed by atoms with Gasteiger partial charge in [0.05, 0.1) is 5.52 Å². The topological polar surface area (TPSA) is 76.2 Å². The second kappa shape index (κ2) is 1.85. The third kappa shape index (κ3) is 0.706. The summed E-state index contributed by atoms with van der Waals surface area (Å²) in [5.74, 6) is 0.371. The van der Waals surface area contributed by atoms with Crippen molar-refractivity contribution in [2.24, 2.45) is 0 Å². The summed E-state index contributed by atoms with van der Waals surface area (Å²) in [6.07, 6.45) is 2.93. The van der Waals surface area contributed by atoms with Crippen LogP contribution in [0.3, 0.4) is 0 Å². The third-order valence-corrected chi connectivity index (χ3v) is 1.50. The number of anilines is 1. The summed E-state index contributed by atoms with van der Waals surface area (Å²) >= 11 is 0. The summed E-state index contributed by atoms with van der Waals surface area (Å²) in [5.41, 5.74) is 5.86. The Hall–Kier alpha value is -1.78. The molecular weight excluding hydrogens is 144 g/mol. The first kappa shape index (κ1) is 5.96. The molecule has 11 heavy (non-hydrogen) atoms. The molecule has 0 fully saturated rings. The van der Waals surface area contributed by atoms with Crippen molar-refractivity contribution in [1.29, 1.82) is 0 Å². The van der Waals surface area contributed by atoms with Crippen molar-refractivity contribution in [2.75, 3.05) is 5.73 Å². The van der Waals surface area contributed by atoms with E-state index >= 15 is 0 Å². The van der Waals surface area contributed by atoms with Gasteiger partial charge in [-0.25, -0.2) is 14.2 Å². The lowest BCUT2D eigenvalue weighted by Crippen LogP contribution is -2.13. The van der Waals surface area contributed by atoms with E-state index in [9.17, 15) is 4.79 Å². The average Bonchev–Trinajstić information content (AvgIpc) is 2.35. The minimum absolute atomic E-state index is 0.230. The minimum atomic E-state index is -0.230. The van der Waals surface area contributed by atoms with Crippen LogP contribution in [0.15, 0.2) is 23.4 Å². The molecule has 0 unspecified atom stereocenters. The Balaban J connectivity index is 3.06. The SMILES string of the molecule is Nc1ncn2c(=O)[nH]ccc12. The molecule has 0 aliphatic rings. The standard InChI is InChI=1S/C6H6N4O/c7-5-4-1-2-8-6(11)10(4)3-9-5/h1-3H,7H2,(H,8,11). The number of rotatable bonds is 0. The Morgan fingerprint density at radius 2 is 2.45 bits per heavy atom. The zero-order valence-electron chi connectivity index (χ0n) is 5.61. The number of nitrogens with zero attached hydrogens (tertiary/aromatic N) is 2. The molecule has 0 bridgehead atoms. The molecule has 5 nitrogen and oxygen atoms in total. The molecule has 0 aliphatic heterocycles. The molecule has 0 amide bonds. The van der Waals surface area contributed by atoms with E-state index in [1.165, 1.54) is 16.9 Å². The van der Waals surface area contributed by atoms with Crippen molar-refractivity contribution < 1.29 is 0 Å². The van der Waals surface area contributed by atoms with Gasteiger partial charge >= 0.3 is 5.69 Å². The van der Waals surface area contributed by atoms with Gasteiger partial charge in [-0.3, -0.25) is 0 Å². The number of nitrogen functional groups attached to an aromatic ring is 1. The molecule has 0 saturated carbocycles. The molecule has 0 aliphatic carbocycles. The number of aromatic nitrogens is 3. The number of nitrogens with two attached hydrogens (primary N) is 1. The number of nitrogens with one attached hydrogen (secondary N) is 1. The van der Waals surface area contributed by atoms with Crippen LogP contribution in [-0.4, -0.2) is 14.4 Å². The van der Waals surface area contributed by atoms with Crippen molar-refractivity contribution in [2.45, 2.75) is 0 Å². The monoisotopic (exact) mass is 150 g/mol. The van der Waals surface area contributed by atoms with Gasteiger partial charge in [-0.05, 0) is 6.07 Å². The second-order valence-electron chi connectivity index (χ2n) is 2.17. The number of fused-ring (bicyclic) bond motifs is 1. The van der Waals surface area contributed by atoms with Crippen molar-refractivity contribution in [3.8, 4) is 0 Å². The third-order valence-electron chi connectivity index (χ3n) is 1.50. The van der Waals surface area contributed by atoms with E-state index < -0.39 is 0 Å². The quantitative estimate of drug-likeness (QED) is 0.536. The fourth-order valence-corrected chi connectivity index (χ4v) is 0.961. The van der Waals surface area contributed by atoms with Crippen LogP contribution in [0.1, 0.15) is 0 Å². The number of hydrogen-bond acceptors (Lipinski definition) is 3. The van der Waals surface area contributed by atoms with E-state index in [1.54, 1.807) is 6.07 Å². The Morgan fingerprint density at radius 3 is 3.18 bits per heavy atom. The maximum Gasteiger partial charge on any atom is 0.331 e. The summed E-state index contributed by atoms with van der Waals surface area (Å²) in [6, 6.07) is 1.70. The van der Waals surface area contributed by atoms with Gasteiger partial charge in [0.2, 0.25) is 0 Å². The maximum atomic E-state index is 11.0. The first-order chi connectivity index (χ1) is 5.29. The number of H-pyrrole nitrogens is 1. The van der Waals surface area contributed by atoms with E-state index in [2.05, 4.69) is 9.97 Å². The highest BCUT2D eigenvalue weighted by molar-refractivity contribution is 5.64. The van der Waals surface area contributed by atoms with Crippen molar-refractivity contribution in [3.63, 3.8) is 0 Å². The predicted octanol–water partition coefficient (Wildman–Crippen LogP) is -0.395. The first-order valence-corrected chi connectivity index (χ1v) is 3.09. The maximum absolute atomic E-state index is 11.0. The molecule has 2 aromatic heterocycles. The van der Waals surface area contributed by atoms with Crippen LogP contribution in [0.5, 0.6) is 0 Å². The van der Waals surface area contributed by atoms with Gasteiger partial charge in [0.25, 0.3) is 0 Å². The first-order valence-electron chi connectivity index (χ1n) is 3.09. The summed E-state index contributed by atoms with van der Waals surface area (Å²) in [6.45, 7) is 0. The Labute approximate surface area is 61.5 Å². The van der Waals surface area contributed by atoms with Crippen LogP contribution in [0.25, 0.3) is 5.52 Å². The minimum Gasteiger partial charge on any atom is -0.382 e. The molecule has 2 rings (SSSR count). The molecule has 0 saturated heterocycles. The molecule has 5 heteroatoms. The normalized spacial score (nSPS) is 10.5. The molecule has 56 valence electrons. The van der Waals surface area contributed by atoms with Crippen molar-refractivity contribution in [3.05, 3.63) is 29.1 Å². The largest absolute Gasteiger partial charge is 0.382 e. The molecular formula is C6H6N4O. The summed E-state index contributed by atoms with van der Waals surface area (Å²) in [7, 11) is 0. The Bertz CT molecular complexity index is 441. The van der Waals surface area contributed by atoms with Crippen LogP contribution in [0.2, 0.25) is 0 Å². The number of aromatic amines is 1. The van der Waals surface area contributed by atoms with Gasteiger partial charge in [-0.15, -0.1) is 0 Å². The van der Waals surface area contributed by atoms with Crippen LogP contribution < -0.4 is 11.4 Å². The lowest BCUT2D eigenvalue weighted by atomic mass is 10.5. The van der Waals surface area contributed by atoms with Crippen LogP contribution in [0.4, 0.5) is 5.82 Å². The highest BCUT2D eigenvalue weighted by Crippen LogP contribution is 2.05. The molecule has 0 aromatic carbocycles. The van der Waals surface area contributed by atoms with Gasteiger partial charge in [0.1, 0.15) is 12.1 Å². The highest BCUT2D eigenvalue weighted by atomic mass is 16.1. The molecule has 0 atom stereocenters. The highest BCUT2D eigenvalue weighted by Gasteiger charge is 1.99. The van der Waals surface area contributed by atoms with Crippen LogP contribution >= 0.6 is 0 Å². The zero-order chi connectivity index (χ0) is 7.84. The van der Waals surface area contributed by atoms with E-state index in [-0.39, 0.29) is 5.69 Å². The second-order valence-corrected chi connectivity index (χ2v) is 2.17. The van der Waals surface area contributed by atoms with Gasteiger partial charge < -0.3 is 10.7 Å². The van der Waals surface area contributed by atoms with E-state index in [1.807, 2.05) is 0 Å². The molecule has 0 radical (unpaired) electrons. The fraction of sp³-hybridized carbons (Fsp3) is 0. The lowest BCUT2D eigenvalue weighted by Gasteiger charge is -1.89. The fourth-order valence-electron chi connectivity index (χ4n) is 0.961. The smallest absolute Gasteiger partial charge is 0.331 e. The van der Waals surface area contributed by atoms with Crippen molar-refractivity contribution >= 4 is 11.3 Å². The van der Waals surface area contributed by atoms with Gasteiger partial charge in [-0.1, -0.05) is 0 Å². The zero-order valence-corrected chi connectivity index (χ0v) is 5.61. The summed E-state index contributed by atoms with van der Waals surface area (Å²) < 4.78 is 1.36. The van der Waals surface area contributed by atoms with Gasteiger partial charge in [-0.2, -0.15) is 0 Å². The lowest BCUT2D eigenvalue weighted by molar-refractivity contribution is 0.995. The molecule has 3 N–H and O–H groups in total. The molecule has 0 spiro atoms. The molecule has 2 heterocycles. The summed E-state index contributed by atoms with van der Waals surface area (Å²) in [5, 5.41) is 0. The van der Waals surface area contributed by atoms with E-state index in [0.717, 1.165) is 0 Å². The number of imidazole rings is 1. The Morgan fingerprint density at radius 1 is 1.64 bits per heavy atom. The van der Waals surface area contributed by atoms with Gasteiger partial charge in [0.15, 0.2) is 0 Å².